The van der Waals surface area contributed by atoms with E-state index in [0.717, 1.165) is 11.3 Å². The lowest BCUT2D eigenvalue weighted by atomic mass is 9.86. The fraction of sp³-hybridized carbons (Fsp3) is 0.278. The van der Waals surface area contributed by atoms with Crippen LogP contribution in [0.2, 0.25) is 0 Å². The Morgan fingerprint density at radius 2 is 1.80 bits per heavy atom. The molecule has 2 aromatic rings. The van der Waals surface area contributed by atoms with Gasteiger partial charge in [0.05, 0.1) is 11.6 Å². The Morgan fingerprint density at radius 3 is 2.40 bits per heavy atom. The van der Waals surface area contributed by atoms with Gasteiger partial charge in [-0.15, -0.1) is 0 Å². The molecule has 0 fully saturated rings. The molecule has 0 N–H and O–H groups in total. The van der Waals surface area contributed by atoms with E-state index in [9.17, 15) is 0 Å². The number of rotatable bonds is 2. The minimum atomic E-state index is 0.129. The van der Waals surface area contributed by atoms with E-state index >= 15 is 0 Å². The van der Waals surface area contributed by atoms with Crippen LogP contribution in [0.3, 0.4) is 0 Å². The SMILES string of the molecule is Cc1cc(C(C)(C)C)ccc1Oc1cccc(C#N)c1. The fourth-order valence-electron chi connectivity index (χ4n) is 1.99. The zero-order chi connectivity index (χ0) is 14.8. The predicted octanol–water partition coefficient (Wildman–Crippen LogP) is 4.96. The second kappa shape index (κ2) is 5.38. The van der Waals surface area contributed by atoms with Crippen LogP contribution in [0, 0.1) is 18.3 Å². The minimum absolute atomic E-state index is 0.129. The molecule has 20 heavy (non-hydrogen) atoms. The summed E-state index contributed by atoms with van der Waals surface area (Å²) in [5.74, 6) is 1.52. The Morgan fingerprint density at radius 1 is 1.05 bits per heavy atom. The standard InChI is InChI=1S/C18H19NO/c1-13-10-15(18(2,3)4)8-9-17(13)20-16-7-5-6-14(11-16)12-19/h5-11H,1-4H3. The molecule has 2 heteroatoms. The monoisotopic (exact) mass is 265 g/mol. The molecule has 2 rings (SSSR count). The minimum Gasteiger partial charge on any atom is -0.457 e. The van der Waals surface area contributed by atoms with Crippen molar-refractivity contribution in [1.82, 2.24) is 0 Å². The van der Waals surface area contributed by atoms with Gasteiger partial charge >= 0.3 is 0 Å². The van der Waals surface area contributed by atoms with Gasteiger partial charge in [0, 0.05) is 0 Å². The molecule has 0 spiro atoms. The second-order valence-corrected chi connectivity index (χ2v) is 5.97. The van der Waals surface area contributed by atoms with Crippen molar-refractivity contribution in [2.24, 2.45) is 0 Å². The quantitative estimate of drug-likeness (QED) is 0.769. The van der Waals surface area contributed by atoms with Crippen molar-refractivity contribution in [3.63, 3.8) is 0 Å². The third-order valence-electron chi connectivity index (χ3n) is 3.23. The van der Waals surface area contributed by atoms with Gasteiger partial charge in [-0.25, -0.2) is 0 Å². The molecule has 0 aliphatic carbocycles. The van der Waals surface area contributed by atoms with Crippen molar-refractivity contribution in [2.45, 2.75) is 33.1 Å². The number of hydrogen-bond donors (Lipinski definition) is 0. The molecule has 0 bridgehead atoms. The summed E-state index contributed by atoms with van der Waals surface area (Å²) in [5, 5.41) is 8.90. The van der Waals surface area contributed by atoms with E-state index in [0.29, 0.717) is 11.3 Å². The van der Waals surface area contributed by atoms with Crippen LogP contribution in [0.15, 0.2) is 42.5 Å². The number of aryl methyl sites for hydroxylation is 1. The van der Waals surface area contributed by atoms with Crippen molar-refractivity contribution < 1.29 is 4.74 Å². The van der Waals surface area contributed by atoms with Gasteiger partial charge in [-0.1, -0.05) is 39.0 Å². The van der Waals surface area contributed by atoms with Gasteiger partial charge in [0.1, 0.15) is 11.5 Å². The summed E-state index contributed by atoms with van der Waals surface area (Å²) in [7, 11) is 0. The highest BCUT2D eigenvalue weighted by molar-refractivity contribution is 5.43. The summed E-state index contributed by atoms with van der Waals surface area (Å²) in [5.41, 5.74) is 3.11. The number of nitrogens with zero attached hydrogens (tertiary/aromatic N) is 1. The maximum Gasteiger partial charge on any atom is 0.130 e. The summed E-state index contributed by atoms with van der Waals surface area (Å²) in [6, 6.07) is 15.6. The second-order valence-electron chi connectivity index (χ2n) is 5.97. The molecule has 0 heterocycles. The maximum absolute atomic E-state index is 8.90. The Kier molecular flexibility index (Phi) is 3.81. The Bertz CT molecular complexity index is 660. The smallest absolute Gasteiger partial charge is 0.130 e. The van der Waals surface area contributed by atoms with Gasteiger partial charge in [-0.3, -0.25) is 0 Å². The lowest BCUT2D eigenvalue weighted by Crippen LogP contribution is -2.11. The van der Waals surface area contributed by atoms with E-state index in [2.05, 4.69) is 39.0 Å². The summed E-state index contributed by atoms with van der Waals surface area (Å²) in [6.07, 6.45) is 0. The zero-order valence-corrected chi connectivity index (χ0v) is 12.4. The van der Waals surface area contributed by atoms with Gasteiger partial charge in [-0.05, 0) is 47.7 Å². The Labute approximate surface area is 120 Å². The highest BCUT2D eigenvalue weighted by Gasteiger charge is 2.14. The first kappa shape index (κ1) is 14.1. The van der Waals surface area contributed by atoms with Gasteiger partial charge in [-0.2, -0.15) is 5.26 Å². The van der Waals surface area contributed by atoms with Crippen molar-refractivity contribution in [2.75, 3.05) is 0 Å². The highest BCUT2D eigenvalue weighted by Crippen LogP contribution is 2.30. The third-order valence-corrected chi connectivity index (χ3v) is 3.23. The molecule has 102 valence electrons. The van der Waals surface area contributed by atoms with Crippen LogP contribution in [0.5, 0.6) is 11.5 Å². The van der Waals surface area contributed by atoms with Crippen molar-refractivity contribution >= 4 is 0 Å². The van der Waals surface area contributed by atoms with E-state index in [1.54, 1.807) is 12.1 Å². The lowest BCUT2D eigenvalue weighted by molar-refractivity contribution is 0.477. The van der Waals surface area contributed by atoms with Crippen LogP contribution in [0.25, 0.3) is 0 Å². The number of hydrogen-bond acceptors (Lipinski definition) is 2. The van der Waals surface area contributed by atoms with Gasteiger partial charge in [0.2, 0.25) is 0 Å². The summed E-state index contributed by atoms with van der Waals surface area (Å²) >= 11 is 0. The topological polar surface area (TPSA) is 33.0 Å². The Hall–Kier alpha value is -2.27. The van der Waals surface area contributed by atoms with Crippen molar-refractivity contribution in [3.8, 4) is 17.6 Å². The van der Waals surface area contributed by atoms with Gasteiger partial charge < -0.3 is 4.74 Å². The molecule has 0 aromatic heterocycles. The maximum atomic E-state index is 8.90. The molecule has 0 saturated heterocycles. The van der Waals surface area contributed by atoms with Crippen molar-refractivity contribution in [3.05, 3.63) is 59.2 Å². The van der Waals surface area contributed by atoms with E-state index in [4.69, 9.17) is 10.00 Å². The lowest BCUT2D eigenvalue weighted by Gasteiger charge is -2.20. The van der Waals surface area contributed by atoms with E-state index < -0.39 is 0 Å². The van der Waals surface area contributed by atoms with Crippen molar-refractivity contribution in [1.29, 1.82) is 5.26 Å². The molecule has 0 aliphatic rings. The summed E-state index contributed by atoms with van der Waals surface area (Å²) in [4.78, 5) is 0. The molecular formula is C18H19NO. The van der Waals surface area contributed by atoms with Crippen LogP contribution in [-0.4, -0.2) is 0 Å². The average molecular weight is 265 g/mol. The molecular weight excluding hydrogens is 246 g/mol. The van der Waals surface area contributed by atoms with Crippen LogP contribution < -0.4 is 4.74 Å². The molecule has 0 aliphatic heterocycles. The van der Waals surface area contributed by atoms with Crippen LogP contribution >= 0.6 is 0 Å². The first-order valence-corrected chi connectivity index (χ1v) is 6.69. The molecule has 2 nitrogen and oxygen atoms in total. The number of ether oxygens (including phenoxy) is 1. The molecule has 0 amide bonds. The van der Waals surface area contributed by atoms with Gasteiger partial charge in [0.25, 0.3) is 0 Å². The van der Waals surface area contributed by atoms with Crippen LogP contribution in [0.4, 0.5) is 0 Å². The average Bonchev–Trinajstić information content (AvgIpc) is 2.40. The number of benzene rings is 2. The number of nitriles is 1. The van der Waals surface area contributed by atoms with Crippen LogP contribution in [-0.2, 0) is 5.41 Å². The normalized spacial score (nSPS) is 10.9. The predicted molar refractivity (Wildman–Crippen MR) is 81.1 cm³/mol. The highest BCUT2D eigenvalue weighted by atomic mass is 16.5. The molecule has 0 radical (unpaired) electrons. The van der Waals surface area contributed by atoms with Crippen LogP contribution in [0.1, 0.15) is 37.5 Å². The molecule has 0 unspecified atom stereocenters. The summed E-state index contributed by atoms with van der Waals surface area (Å²) in [6.45, 7) is 8.62. The van der Waals surface area contributed by atoms with E-state index in [1.807, 2.05) is 25.1 Å². The first-order chi connectivity index (χ1) is 9.40. The van der Waals surface area contributed by atoms with E-state index in [1.165, 1.54) is 5.56 Å². The molecule has 0 saturated carbocycles. The third kappa shape index (κ3) is 3.19. The zero-order valence-electron chi connectivity index (χ0n) is 12.4. The fourth-order valence-corrected chi connectivity index (χ4v) is 1.99. The summed E-state index contributed by atoms with van der Waals surface area (Å²) < 4.78 is 5.87. The van der Waals surface area contributed by atoms with E-state index in [-0.39, 0.29) is 5.41 Å². The first-order valence-electron chi connectivity index (χ1n) is 6.69. The Balaban J connectivity index is 2.28. The van der Waals surface area contributed by atoms with Gasteiger partial charge in [0.15, 0.2) is 0 Å². The molecule has 0 atom stereocenters. The molecule has 2 aromatic carbocycles. The largest absolute Gasteiger partial charge is 0.457 e.